The normalized spacial score (nSPS) is 11.9. The van der Waals surface area contributed by atoms with E-state index in [2.05, 4.69) is 4.72 Å². The molecular formula is C16H14ClF3N2O3S2. The van der Waals surface area contributed by atoms with Crippen LogP contribution in [-0.2, 0) is 16.2 Å². The van der Waals surface area contributed by atoms with Crippen molar-refractivity contribution in [2.75, 3.05) is 18.8 Å². The summed E-state index contributed by atoms with van der Waals surface area (Å²) < 4.78 is 65.9. The molecule has 2 aromatic carbocycles. The number of rotatable bonds is 4. The molecule has 0 heterocycles. The zero-order chi connectivity index (χ0) is 20.4. The first-order valence-corrected chi connectivity index (χ1v) is 9.96. The number of anilines is 1. The van der Waals surface area contributed by atoms with Crippen molar-refractivity contribution in [3.05, 3.63) is 53.1 Å². The highest BCUT2D eigenvalue weighted by Gasteiger charge is 2.34. The largest absolute Gasteiger partial charge is 0.417 e. The molecule has 0 aromatic heterocycles. The highest BCUT2D eigenvalue weighted by atomic mass is 35.5. The van der Waals surface area contributed by atoms with Crippen molar-refractivity contribution in [2.45, 2.75) is 16.0 Å². The van der Waals surface area contributed by atoms with Crippen molar-refractivity contribution in [1.29, 1.82) is 0 Å². The van der Waals surface area contributed by atoms with E-state index in [0.29, 0.717) is 11.0 Å². The van der Waals surface area contributed by atoms with Crippen LogP contribution in [0.15, 0.2) is 52.3 Å². The highest BCUT2D eigenvalue weighted by molar-refractivity contribution is 8.13. The molecule has 0 saturated carbocycles. The number of nitrogens with one attached hydrogen (secondary N) is 1. The zero-order valence-electron chi connectivity index (χ0n) is 14.0. The van der Waals surface area contributed by atoms with Crippen LogP contribution >= 0.6 is 23.4 Å². The van der Waals surface area contributed by atoms with Crippen LogP contribution in [0.1, 0.15) is 5.56 Å². The predicted octanol–water partition coefficient (Wildman–Crippen LogP) is 4.93. The maximum atomic E-state index is 12.9. The lowest BCUT2D eigenvalue weighted by atomic mass is 10.2. The number of carbonyl (C=O) groups excluding carboxylic acids is 1. The Morgan fingerprint density at radius 3 is 2.41 bits per heavy atom. The monoisotopic (exact) mass is 438 g/mol. The molecule has 5 nitrogen and oxygen atoms in total. The molecule has 0 bridgehead atoms. The third-order valence-corrected chi connectivity index (χ3v) is 5.95. The Balaban J connectivity index is 2.31. The first-order valence-electron chi connectivity index (χ1n) is 7.29. The van der Waals surface area contributed by atoms with Gasteiger partial charge in [-0.1, -0.05) is 17.7 Å². The van der Waals surface area contributed by atoms with E-state index in [4.69, 9.17) is 11.6 Å². The third kappa shape index (κ3) is 5.53. The summed E-state index contributed by atoms with van der Waals surface area (Å²) in [5.41, 5.74) is -1.14. The molecule has 0 aliphatic rings. The molecule has 0 spiro atoms. The van der Waals surface area contributed by atoms with E-state index < -0.39 is 31.7 Å². The second-order valence-electron chi connectivity index (χ2n) is 5.54. The Labute approximate surface area is 163 Å². The van der Waals surface area contributed by atoms with Gasteiger partial charge in [0.25, 0.3) is 15.3 Å². The quantitative estimate of drug-likeness (QED) is 0.687. The number of amides is 1. The third-order valence-electron chi connectivity index (χ3n) is 3.21. The fourth-order valence-corrected chi connectivity index (χ4v) is 3.93. The first kappa shape index (κ1) is 21.4. The second-order valence-corrected chi connectivity index (χ2v) is 8.65. The average Bonchev–Trinajstić information content (AvgIpc) is 2.53. The molecule has 2 aromatic rings. The fraction of sp³-hybridized carbons (Fsp3) is 0.188. The minimum Gasteiger partial charge on any atom is -0.339 e. The molecule has 0 aliphatic carbocycles. The van der Waals surface area contributed by atoms with Crippen LogP contribution in [0.2, 0.25) is 5.02 Å². The molecule has 0 fully saturated rings. The van der Waals surface area contributed by atoms with E-state index in [1.54, 1.807) is 20.2 Å². The summed E-state index contributed by atoms with van der Waals surface area (Å²) in [6, 6.07) is 8.28. The predicted molar refractivity (Wildman–Crippen MR) is 98.6 cm³/mol. The molecular weight excluding hydrogens is 425 g/mol. The second kappa shape index (κ2) is 7.99. The van der Waals surface area contributed by atoms with E-state index in [1.165, 1.54) is 23.1 Å². The van der Waals surface area contributed by atoms with Crippen LogP contribution in [-0.4, -0.2) is 32.7 Å². The molecule has 0 unspecified atom stereocenters. The Hall–Kier alpha value is -1.91. The summed E-state index contributed by atoms with van der Waals surface area (Å²) in [7, 11) is -1.15. The zero-order valence-corrected chi connectivity index (χ0v) is 16.4. The van der Waals surface area contributed by atoms with E-state index in [1.807, 2.05) is 0 Å². The smallest absolute Gasteiger partial charge is 0.339 e. The number of alkyl halides is 3. The van der Waals surface area contributed by atoms with Gasteiger partial charge in [0, 0.05) is 24.7 Å². The summed E-state index contributed by atoms with van der Waals surface area (Å²) in [6.07, 6.45) is -4.79. The van der Waals surface area contributed by atoms with Crippen LogP contribution in [0, 0.1) is 0 Å². The number of hydrogen-bond acceptors (Lipinski definition) is 4. The van der Waals surface area contributed by atoms with E-state index in [9.17, 15) is 26.4 Å². The molecule has 11 heteroatoms. The van der Waals surface area contributed by atoms with Crippen molar-refractivity contribution >= 4 is 44.3 Å². The van der Waals surface area contributed by atoms with Crippen LogP contribution < -0.4 is 4.72 Å². The number of benzene rings is 2. The van der Waals surface area contributed by atoms with Gasteiger partial charge in [0.2, 0.25) is 0 Å². The molecule has 0 saturated heterocycles. The van der Waals surface area contributed by atoms with E-state index in [-0.39, 0.29) is 10.9 Å². The van der Waals surface area contributed by atoms with Crippen LogP contribution in [0.3, 0.4) is 0 Å². The summed E-state index contributed by atoms with van der Waals surface area (Å²) in [4.78, 5) is 13.0. The van der Waals surface area contributed by atoms with Crippen molar-refractivity contribution < 1.29 is 26.4 Å². The van der Waals surface area contributed by atoms with Gasteiger partial charge < -0.3 is 4.90 Å². The molecule has 146 valence electrons. The Bertz CT molecular complexity index is 964. The Morgan fingerprint density at radius 1 is 1.15 bits per heavy atom. The van der Waals surface area contributed by atoms with E-state index in [0.717, 1.165) is 23.9 Å². The van der Waals surface area contributed by atoms with Crippen LogP contribution in [0.5, 0.6) is 0 Å². The first-order chi connectivity index (χ1) is 12.4. The maximum Gasteiger partial charge on any atom is 0.417 e. The Kier molecular flexibility index (Phi) is 6.33. The van der Waals surface area contributed by atoms with Crippen molar-refractivity contribution in [1.82, 2.24) is 4.90 Å². The minimum atomic E-state index is -4.79. The van der Waals surface area contributed by atoms with Gasteiger partial charge in [-0.05, 0) is 48.2 Å². The maximum absolute atomic E-state index is 12.9. The standard InChI is InChI=1S/C16H14ClF3N2O3S2/c1-22(2)15(23)26-11-5-3-4-10(8-11)21-27(24,25)12-6-7-14(17)13(9-12)16(18,19)20/h3-9,21H,1-2H3. The molecule has 0 aliphatic heterocycles. The lowest BCUT2D eigenvalue weighted by molar-refractivity contribution is -0.137. The van der Waals surface area contributed by atoms with Gasteiger partial charge in [0.05, 0.1) is 15.5 Å². The van der Waals surface area contributed by atoms with Gasteiger partial charge in [0.15, 0.2) is 0 Å². The number of carbonyl (C=O) groups is 1. The van der Waals surface area contributed by atoms with Crippen LogP contribution in [0.25, 0.3) is 0 Å². The van der Waals surface area contributed by atoms with Gasteiger partial charge in [-0.3, -0.25) is 9.52 Å². The summed E-state index contributed by atoms with van der Waals surface area (Å²) in [6.45, 7) is 0. The lowest BCUT2D eigenvalue weighted by Crippen LogP contribution is -2.16. The number of halogens is 4. The fourth-order valence-electron chi connectivity index (χ4n) is 1.92. The van der Waals surface area contributed by atoms with Gasteiger partial charge >= 0.3 is 6.18 Å². The number of thioether (sulfide) groups is 1. The van der Waals surface area contributed by atoms with E-state index >= 15 is 0 Å². The van der Waals surface area contributed by atoms with Crippen molar-refractivity contribution in [3.63, 3.8) is 0 Å². The molecule has 1 amide bonds. The minimum absolute atomic E-state index is 0.107. The van der Waals surface area contributed by atoms with Gasteiger partial charge in [0.1, 0.15) is 0 Å². The lowest BCUT2D eigenvalue weighted by Gasteiger charge is -2.13. The summed E-state index contributed by atoms with van der Waals surface area (Å²) >= 11 is 6.39. The summed E-state index contributed by atoms with van der Waals surface area (Å²) in [5.74, 6) is 0. The van der Waals surface area contributed by atoms with Gasteiger partial charge in [-0.15, -0.1) is 0 Å². The van der Waals surface area contributed by atoms with Gasteiger partial charge in [-0.25, -0.2) is 8.42 Å². The molecule has 2 rings (SSSR count). The number of nitrogens with zero attached hydrogens (tertiary/aromatic N) is 1. The summed E-state index contributed by atoms with van der Waals surface area (Å²) in [5, 5.41) is -0.857. The van der Waals surface area contributed by atoms with Crippen LogP contribution in [0.4, 0.5) is 23.7 Å². The van der Waals surface area contributed by atoms with Crippen molar-refractivity contribution in [3.8, 4) is 0 Å². The van der Waals surface area contributed by atoms with Crippen molar-refractivity contribution in [2.24, 2.45) is 0 Å². The van der Waals surface area contributed by atoms with Gasteiger partial charge in [-0.2, -0.15) is 13.2 Å². The number of sulfonamides is 1. The molecule has 27 heavy (non-hydrogen) atoms. The average molecular weight is 439 g/mol. The molecule has 0 radical (unpaired) electrons. The highest BCUT2D eigenvalue weighted by Crippen LogP contribution is 2.36. The molecule has 0 atom stereocenters. The SMILES string of the molecule is CN(C)C(=O)Sc1cccc(NS(=O)(=O)c2ccc(Cl)c(C(F)(F)F)c2)c1. The number of hydrogen-bond donors (Lipinski definition) is 1. The topological polar surface area (TPSA) is 66.5 Å². The molecule has 1 N–H and O–H groups in total. The Morgan fingerprint density at radius 2 is 1.81 bits per heavy atom.